The second kappa shape index (κ2) is 9.62. The molecule has 35 heavy (non-hydrogen) atoms. The summed E-state index contributed by atoms with van der Waals surface area (Å²) in [6.07, 6.45) is -1.59. The van der Waals surface area contributed by atoms with E-state index in [0.29, 0.717) is 5.56 Å². The lowest BCUT2D eigenvalue weighted by atomic mass is 9.54. The van der Waals surface area contributed by atoms with E-state index in [1.807, 2.05) is 0 Å². The van der Waals surface area contributed by atoms with Crippen LogP contribution in [0.15, 0.2) is 35.1 Å². The van der Waals surface area contributed by atoms with Crippen LogP contribution in [0.4, 0.5) is 0 Å². The Kier molecular flexibility index (Phi) is 8.27. The number of nitrogens with two attached hydrogens (primary N) is 1. The molecule has 1 fully saturated rings. The number of benzene rings is 1. The maximum Gasteiger partial charge on any atom is 0.255 e. The van der Waals surface area contributed by atoms with Gasteiger partial charge in [-0.1, -0.05) is 33.9 Å². The largest absolute Gasteiger partial charge is 0.508 e. The third-order valence-corrected chi connectivity index (χ3v) is 6.99. The number of carbonyl (C=O) groups excluding carboxylic acids is 3. The van der Waals surface area contributed by atoms with Crippen LogP contribution in [0.1, 0.15) is 38.8 Å². The zero-order valence-electron chi connectivity index (χ0n) is 18.0. The fraction of sp³-hybridized carbons (Fsp3) is 0.458. The molecule has 6 atom stereocenters. The molecule has 3 aliphatic rings. The number of aromatic hydroxyl groups is 1. The van der Waals surface area contributed by atoms with Crippen LogP contribution in [-0.4, -0.2) is 79.7 Å². The Morgan fingerprint density at radius 3 is 2.20 bits per heavy atom. The summed E-state index contributed by atoms with van der Waals surface area (Å²) in [5, 5.41) is 54.9. The van der Waals surface area contributed by atoms with E-state index in [4.69, 9.17) is 5.73 Å². The van der Waals surface area contributed by atoms with Gasteiger partial charge < -0.3 is 31.3 Å². The zero-order chi connectivity index (χ0) is 23.9. The first-order valence-electron chi connectivity index (χ1n) is 10.0. The molecular weight excluding hydrogens is 480 g/mol. The highest BCUT2D eigenvalue weighted by atomic mass is 35.5. The number of aliphatic hydroxyl groups is 4. The molecule has 0 spiro atoms. The van der Waals surface area contributed by atoms with Crippen molar-refractivity contribution in [2.45, 2.75) is 45.4 Å². The minimum Gasteiger partial charge on any atom is -0.508 e. The number of carbonyl (C=O) groups is 3. The number of hydrogen-bond donors (Lipinski definition) is 6. The van der Waals surface area contributed by atoms with Gasteiger partial charge >= 0.3 is 0 Å². The molecule has 0 aromatic heterocycles. The molecule has 11 heteroatoms. The number of fused-ring (bicyclic) bond motifs is 3. The number of amides is 1. The van der Waals surface area contributed by atoms with Crippen molar-refractivity contribution >= 4 is 35.6 Å². The van der Waals surface area contributed by atoms with Gasteiger partial charge in [0.05, 0.1) is 23.6 Å². The number of halogens is 1. The molecule has 0 aliphatic heterocycles. The summed E-state index contributed by atoms with van der Waals surface area (Å²) in [6.45, 7) is 1.68. The number of phenolic OH excluding ortho intramolecular Hbond substituents is 1. The molecular formula is C24H33ClN2O8. The minimum atomic E-state index is -2.89. The van der Waals surface area contributed by atoms with E-state index in [1.54, 1.807) is 19.1 Å². The molecule has 7 N–H and O–H groups in total. The van der Waals surface area contributed by atoms with Gasteiger partial charge in [-0.25, -0.2) is 0 Å². The molecule has 194 valence electrons. The number of likely N-dealkylation sites (N-methyl/N-ethyl adjacent to an activating group) is 1. The van der Waals surface area contributed by atoms with E-state index in [1.165, 1.54) is 25.1 Å². The number of rotatable bonds is 2. The SMILES string of the molecule is C.C.C[C@H]1c2cccc(O)c2C(O)=C2C(=O)[C@]3(O)C(O)=C(C(N)=O)C(=O)[C@@H](N(C)C)C3[C@@H](O)C21.Cl. The molecule has 3 aliphatic carbocycles. The monoisotopic (exact) mass is 512 g/mol. The first-order valence-corrected chi connectivity index (χ1v) is 10.0. The summed E-state index contributed by atoms with van der Waals surface area (Å²) < 4.78 is 0. The zero-order valence-corrected chi connectivity index (χ0v) is 18.8. The lowest BCUT2D eigenvalue weighted by Crippen LogP contribution is -2.70. The summed E-state index contributed by atoms with van der Waals surface area (Å²) in [5.41, 5.74) is 1.47. The number of primary amides is 1. The second-order valence-electron chi connectivity index (χ2n) is 8.79. The highest BCUT2D eigenvalue weighted by molar-refractivity contribution is 6.24. The average Bonchev–Trinajstić information content (AvgIpc) is 2.70. The fourth-order valence-corrected chi connectivity index (χ4v) is 5.58. The Balaban J connectivity index is 0.00000204. The highest BCUT2D eigenvalue weighted by Crippen LogP contribution is 2.55. The van der Waals surface area contributed by atoms with Gasteiger partial charge in [-0.3, -0.25) is 19.3 Å². The lowest BCUT2D eigenvalue weighted by molar-refractivity contribution is -0.169. The van der Waals surface area contributed by atoms with Crippen LogP contribution in [0.3, 0.4) is 0 Å². The van der Waals surface area contributed by atoms with Crippen molar-refractivity contribution < 1.29 is 39.9 Å². The molecule has 0 bridgehead atoms. The van der Waals surface area contributed by atoms with Gasteiger partial charge in [-0.2, -0.15) is 0 Å². The summed E-state index contributed by atoms with van der Waals surface area (Å²) in [4.78, 5) is 40.0. The van der Waals surface area contributed by atoms with Gasteiger partial charge in [0, 0.05) is 11.5 Å². The van der Waals surface area contributed by atoms with Crippen molar-refractivity contribution in [2.75, 3.05) is 14.1 Å². The molecule has 0 saturated heterocycles. The summed E-state index contributed by atoms with van der Waals surface area (Å²) >= 11 is 0. The number of ketones is 2. The number of Topliss-reactive ketones (excluding diaryl/α,β-unsaturated/α-hetero) is 2. The number of nitrogens with zero attached hydrogens (tertiary/aromatic N) is 1. The molecule has 1 amide bonds. The van der Waals surface area contributed by atoms with E-state index in [9.17, 15) is 39.9 Å². The van der Waals surface area contributed by atoms with Crippen LogP contribution in [0.5, 0.6) is 5.75 Å². The maximum atomic E-state index is 13.7. The summed E-state index contributed by atoms with van der Waals surface area (Å²) in [5.74, 6) is -8.87. The van der Waals surface area contributed by atoms with Gasteiger partial charge in [-0.05, 0) is 31.6 Å². The van der Waals surface area contributed by atoms with Crippen LogP contribution in [0, 0.1) is 11.8 Å². The predicted octanol–water partition coefficient (Wildman–Crippen LogP) is 1.19. The smallest absolute Gasteiger partial charge is 0.255 e. The Bertz CT molecular complexity index is 1140. The van der Waals surface area contributed by atoms with Gasteiger partial charge in [-0.15, -0.1) is 12.4 Å². The maximum absolute atomic E-state index is 13.7. The quantitative estimate of drug-likeness (QED) is 0.317. The first kappa shape index (κ1) is 30.1. The molecule has 1 aromatic carbocycles. The molecule has 4 rings (SSSR count). The van der Waals surface area contributed by atoms with E-state index in [0.717, 1.165) is 0 Å². The first-order chi connectivity index (χ1) is 14.9. The third kappa shape index (κ3) is 3.63. The summed E-state index contributed by atoms with van der Waals surface area (Å²) in [7, 11) is 2.92. The number of aliphatic hydroxyl groups excluding tert-OH is 3. The van der Waals surface area contributed by atoms with Crippen LogP contribution < -0.4 is 5.73 Å². The number of phenols is 1. The summed E-state index contributed by atoms with van der Waals surface area (Å²) in [6, 6.07) is 3.13. The van der Waals surface area contributed by atoms with Crippen molar-refractivity contribution in [3.63, 3.8) is 0 Å². The van der Waals surface area contributed by atoms with Gasteiger partial charge in [0.25, 0.3) is 5.91 Å². The molecule has 1 saturated carbocycles. The molecule has 1 aromatic rings. The van der Waals surface area contributed by atoms with E-state index < -0.39 is 75.6 Å². The van der Waals surface area contributed by atoms with Crippen molar-refractivity contribution in [3.8, 4) is 5.75 Å². The third-order valence-electron chi connectivity index (χ3n) is 6.99. The van der Waals surface area contributed by atoms with Gasteiger partial charge in [0.2, 0.25) is 5.78 Å². The van der Waals surface area contributed by atoms with Crippen LogP contribution in [0.2, 0.25) is 0 Å². The highest BCUT2D eigenvalue weighted by Gasteiger charge is 2.68. The number of hydrogen-bond acceptors (Lipinski definition) is 9. The fourth-order valence-electron chi connectivity index (χ4n) is 5.58. The van der Waals surface area contributed by atoms with Crippen LogP contribution >= 0.6 is 12.4 Å². The van der Waals surface area contributed by atoms with E-state index in [2.05, 4.69) is 0 Å². The Morgan fingerprint density at radius 1 is 1.11 bits per heavy atom. The minimum absolute atomic E-state index is 0. The average molecular weight is 513 g/mol. The Hall–Kier alpha value is -2.92. The van der Waals surface area contributed by atoms with Crippen LogP contribution in [-0.2, 0) is 14.4 Å². The lowest BCUT2D eigenvalue weighted by Gasteiger charge is -2.53. The molecule has 0 radical (unpaired) electrons. The normalized spacial score (nSPS) is 31.4. The van der Waals surface area contributed by atoms with E-state index >= 15 is 0 Å². The van der Waals surface area contributed by atoms with Crippen molar-refractivity contribution in [1.82, 2.24) is 4.90 Å². The molecule has 2 unspecified atom stereocenters. The molecule has 10 nitrogen and oxygen atoms in total. The van der Waals surface area contributed by atoms with E-state index in [-0.39, 0.29) is 38.6 Å². The standard InChI is InChI=1S/C22H24N2O8.2CH4.ClH/c1-7-8-5-4-6-9(25)11(8)16(26)12-10(7)17(27)14-15(24(2)3)18(28)13(21(23)31)20(30)22(14,32)19(12)29;;;/h4-7,10,14-15,17,25-27,30,32H,1-3H3,(H2,23,31);2*1H4;1H/t7-,10?,14?,15-,17-,22-;;;/m0.../s1. The Morgan fingerprint density at radius 2 is 1.69 bits per heavy atom. The van der Waals surface area contributed by atoms with Crippen molar-refractivity contribution in [3.05, 3.63) is 46.2 Å². The predicted molar refractivity (Wildman–Crippen MR) is 131 cm³/mol. The second-order valence-corrected chi connectivity index (χ2v) is 8.79. The van der Waals surface area contributed by atoms with Gasteiger partial charge in [0.15, 0.2) is 11.4 Å². The van der Waals surface area contributed by atoms with Crippen molar-refractivity contribution in [1.29, 1.82) is 0 Å². The van der Waals surface area contributed by atoms with Crippen LogP contribution in [0.25, 0.3) is 5.76 Å². The Labute approximate surface area is 209 Å². The van der Waals surface area contributed by atoms with Crippen molar-refractivity contribution in [2.24, 2.45) is 17.6 Å². The van der Waals surface area contributed by atoms with Gasteiger partial charge in [0.1, 0.15) is 22.8 Å². The molecule has 0 heterocycles. The topological polar surface area (TPSA) is 182 Å².